The van der Waals surface area contributed by atoms with Crippen LogP contribution in [0.15, 0.2) is 48.8 Å². The van der Waals surface area contributed by atoms with Gasteiger partial charge in [-0.1, -0.05) is 12.1 Å². The lowest BCUT2D eigenvalue weighted by molar-refractivity contribution is 0.630. The number of hydrogen-bond acceptors (Lipinski definition) is 2. The third-order valence-corrected chi connectivity index (χ3v) is 2.66. The summed E-state index contributed by atoms with van der Waals surface area (Å²) in [5.41, 5.74) is 7.70. The first kappa shape index (κ1) is 9.84. The zero-order valence-corrected chi connectivity index (χ0v) is 8.97. The molecule has 84 valence electrons. The number of aromatic nitrogens is 2. The van der Waals surface area contributed by atoms with Crippen LogP contribution in [0.1, 0.15) is 0 Å². The normalized spacial score (nSPS) is 10.9. The summed E-state index contributed by atoms with van der Waals surface area (Å²) in [5.74, 6) is 0.271. The molecule has 0 bridgehead atoms. The summed E-state index contributed by atoms with van der Waals surface area (Å²) in [6.45, 7) is 0. The predicted octanol–water partition coefficient (Wildman–Crippen LogP) is 2.72. The van der Waals surface area contributed by atoms with Crippen LogP contribution < -0.4 is 5.73 Å². The number of rotatable bonds is 1. The fourth-order valence-corrected chi connectivity index (χ4v) is 1.85. The van der Waals surface area contributed by atoms with Gasteiger partial charge in [0.05, 0.1) is 17.3 Å². The molecule has 0 radical (unpaired) electrons. The summed E-state index contributed by atoms with van der Waals surface area (Å²) in [6.07, 6.45) is 3.44. The summed E-state index contributed by atoms with van der Waals surface area (Å²) in [5, 5.41) is 0. The molecule has 17 heavy (non-hydrogen) atoms. The van der Waals surface area contributed by atoms with E-state index in [0.29, 0.717) is 17.1 Å². The monoisotopic (exact) mass is 227 g/mol. The van der Waals surface area contributed by atoms with E-state index in [4.69, 9.17) is 5.73 Å². The maximum absolute atomic E-state index is 13.7. The number of nitrogens with two attached hydrogens (primary N) is 1. The van der Waals surface area contributed by atoms with Gasteiger partial charge in [0.2, 0.25) is 0 Å². The number of fused-ring (bicyclic) bond motifs is 1. The van der Waals surface area contributed by atoms with E-state index in [1.54, 1.807) is 41.1 Å². The third-order valence-electron chi connectivity index (χ3n) is 2.66. The van der Waals surface area contributed by atoms with Crippen LogP contribution in [0.25, 0.3) is 16.9 Å². The van der Waals surface area contributed by atoms with Gasteiger partial charge in [0, 0.05) is 11.9 Å². The molecular weight excluding hydrogens is 217 g/mol. The van der Waals surface area contributed by atoms with Gasteiger partial charge in [0.25, 0.3) is 0 Å². The molecule has 0 aliphatic rings. The van der Waals surface area contributed by atoms with Crippen LogP contribution in [0.5, 0.6) is 0 Å². The van der Waals surface area contributed by atoms with Gasteiger partial charge in [-0.05, 0) is 24.3 Å². The smallest absolute Gasteiger partial charge is 0.147 e. The molecule has 3 aromatic rings. The number of halogens is 1. The Hall–Kier alpha value is -2.36. The van der Waals surface area contributed by atoms with Crippen LogP contribution in [0, 0.1) is 5.82 Å². The van der Waals surface area contributed by atoms with Gasteiger partial charge >= 0.3 is 0 Å². The van der Waals surface area contributed by atoms with Gasteiger partial charge in [-0.15, -0.1) is 0 Å². The Labute approximate surface area is 97.3 Å². The molecular formula is C13H10FN3. The number of nitrogens with zero attached hydrogens (tertiary/aromatic N) is 2. The molecule has 0 saturated heterocycles. The summed E-state index contributed by atoms with van der Waals surface area (Å²) >= 11 is 0. The molecule has 1 aromatic carbocycles. The predicted molar refractivity (Wildman–Crippen MR) is 65.0 cm³/mol. The van der Waals surface area contributed by atoms with Crippen molar-refractivity contribution in [2.24, 2.45) is 0 Å². The van der Waals surface area contributed by atoms with Crippen molar-refractivity contribution >= 4 is 11.2 Å². The van der Waals surface area contributed by atoms with E-state index in [-0.39, 0.29) is 5.82 Å². The van der Waals surface area contributed by atoms with Gasteiger partial charge in [-0.2, -0.15) is 0 Å². The lowest BCUT2D eigenvalue weighted by Gasteiger charge is -2.03. The molecule has 0 fully saturated rings. The molecule has 0 saturated carbocycles. The largest absolute Gasteiger partial charge is 0.398 e. The van der Waals surface area contributed by atoms with Crippen molar-refractivity contribution in [2.75, 3.05) is 5.73 Å². The highest BCUT2D eigenvalue weighted by molar-refractivity contribution is 5.64. The minimum absolute atomic E-state index is 0.289. The molecule has 0 amide bonds. The Morgan fingerprint density at radius 3 is 2.76 bits per heavy atom. The number of benzene rings is 1. The lowest BCUT2D eigenvalue weighted by Crippen LogP contribution is -1.94. The molecule has 4 heteroatoms. The molecule has 3 rings (SSSR count). The van der Waals surface area contributed by atoms with Gasteiger partial charge in [0.15, 0.2) is 0 Å². The van der Waals surface area contributed by atoms with Crippen LogP contribution in [0.4, 0.5) is 10.1 Å². The van der Waals surface area contributed by atoms with Crippen LogP contribution in [0.2, 0.25) is 0 Å². The molecule has 0 unspecified atom stereocenters. The number of imidazole rings is 1. The number of hydrogen-bond donors (Lipinski definition) is 1. The first-order valence-electron chi connectivity index (χ1n) is 5.23. The second-order valence-corrected chi connectivity index (χ2v) is 3.82. The highest BCUT2D eigenvalue weighted by Crippen LogP contribution is 2.23. The Morgan fingerprint density at radius 2 is 1.94 bits per heavy atom. The molecule has 3 nitrogen and oxygen atoms in total. The van der Waals surface area contributed by atoms with Crippen LogP contribution in [-0.4, -0.2) is 9.38 Å². The number of anilines is 1. The van der Waals surface area contributed by atoms with Gasteiger partial charge in [-0.25, -0.2) is 9.37 Å². The maximum Gasteiger partial charge on any atom is 0.147 e. The maximum atomic E-state index is 13.7. The van der Waals surface area contributed by atoms with Gasteiger partial charge < -0.3 is 5.73 Å². The highest BCUT2D eigenvalue weighted by atomic mass is 19.1. The second-order valence-electron chi connectivity index (χ2n) is 3.82. The zero-order valence-electron chi connectivity index (χ0n) is 8.97. The van der Waals surface area contributed by atoms with Crippen LogP contribution in [0.3, 0.4) is 0 Å². The topological polar surface area (TPSA) is 43.3 Å². The summed E-state index contributed by atoms with van der Waals surface area (Å²) in [6, 6.07) is 10.2. The Kier molecular flexibility index (Phi) is 2.08. The summed E-state index contributed by atoms with van der Waals surface area (Å²) in [7, 11) is 0. The summed E-state index contributed by atoms with van der Waals surface area (Å²) < 4.78 is 15.5. The van der Waals surface area contributed by atoms with Crippen molar-refractivity contribution in [3.05, 3.63) is 54.6 Å². The first-order valence-corrected chi connectivity index (χ1v) is 5.23. The molecule has 2 heterocycles. The van der Waals surface area contributed by atoms with Crippen molar-refractivity contribution in [2.45, 2.75) is 0 Å². The summed E-state index contributed by atoms with van der Waals surface area (Å²) in [4.78, 5) is 4.23. The minimum atomic E-state index is -0.289. The average Bonchev–Trinajstić information content (AvgIpc) is 2.72. The lowest BCUT2D eigenvalue weighted by atomic mass is 10.2. The Morgan fingerprint density at radius 1 is 1.12 bits per heavy atom. The van der Waals surface area contributed by atoms with Crippen molar-refractivity contribution in [1.29, 1.82) is 0 Å². The Balaban J connectivity index is 2.31. The van der Waals surface area contributed by atoms with Crippen molar-refractivity contribution in [1.82, 2.24) is 9.38 Å². The van der Waals surface area contributed by atoms with Crippen molar-refractivity contribution < 1.29 is 4.39 Å². The quantitative estimate of drug-likeness (QED) is 0.694. The van der Waals surface area contributed by atoms with Gasteiger partial charge in [-0.3, -0.25) is 4.40 Å². The van der Waals surface area contributed by atoms with E-state index in [1.807, 2.05) is 6.07 Å². The van der Waals surface area contributed by atoms with E-state index in [0.717, 1.165) is 5.52 Å². The molecule has 0 aliphatic carbocycles. The van der Waals surface area contributed by atoms with E-state index >= 15 is 0 Å². The highest BCUT2D eigenvalue weighted by Gasteiger charge is 2.10. The van der Waals surface area contributed by atoms with Crippen molar-refractivity contribution in [3.8, 4) is 11.4 Å². The third kappa shape index (κ3) is 1.54. The van der Waals surface area contributed by atoms with E-state index in [9.17, 15) is 4.39 Å². The molecule has 2 aromatic heterocycles. The standard InChI is InChI=1S/C13H10FN3/c14-12-4-2-1-3-11(12)13-16-7-10-6-5-9(15)8-17(10)13/h1-8H,15H2. The van der Waals surface area contributed by atoms with E-state index in [1.165, 1.54) is 6.07 Å². The molecule has 2 N–H and O–H groups in total. The zero-order chi connectivity index (χ0) is 11.8. The second kappa shape index (κ2) is 3.59. The van der Waals surface area contributed by atoms with E-state index in [2.05, 4.69) is 4.98 Å². The molecule has 0 atom stereocenters. The van der Waals surface area contributed by atoms with E-state index < -0.39 is 0 Å². The molecule has 0 spiro atoms. The average molecular weight is 227 g/mol. The first-order chi connectivity index (χ1) is 8.25. The number of pyridine rings is 1. The minimum Gasteiger partial charge on any atom is -0.398 e. The van der Waals surface area contributed by atoms with Crippen molar-refractivity contribution in [3.63, 3.8) is 0 Å². The SMILES string of the molecule is Nc1ccc2cnc(-c3ccccc3F)n2c1. The number of nitrogen functional groups attached to an aromatic ring is 1. The fraction of sp³-hybridized carbons (Fsp3) is 0. The van der Waals surface area contributed by atoms with Crippen LogP contribution >= 0.6 is 0 Å². The van der Waals surface area contributed by atoms with Crippen LogP contribution in [-0.2, 0) is 0 Å². The van der Waals surface area contributed by atoms with Gasteiger partial charge in [0.1, 0.15) is 11.6 Å². The Bertz CT molecular complexity index is 688. The molecule has 0 aliphatic heterocycles. The fourth-order valence-electron chi connectivity index (χ4n) is 1.85.